The molecule has 0 aliphatic heterocycles. The minimum absolute atomic E-state index is 0.359. The molecule has 5 nitrogen and oxygen atoms in total. The second kappa shape index (κ2) is 6.88. The molecular weight excluding hydrogens is 355 g/mol. The van der Waals surface area contributed by atoms with Crippen molar-refractivity contribution in [3.8, 4) is 11.1 Å². The molecule has 0 aliphatic carbocycles. The number of nitrogens with one attached hydrogen (secondary N) is 1. The number of fused-ring (bicyclic) bond motifs is 1. The maximum Gasteiger partial charge on any atom is 0.259 e. The average molecular weight is 374 g/mol. The van der Waals surface area contributed by atoms with Crippen LogP contribution in [0.5, 0.6) is 0 Å². The Morgan fingerprint density at radius 2 is 1.86 bits per heavy atom. The van der Waals surface area contributed by atoms with Crippen LogP contribution in [0.2, 0.25) is 0 Å². The van der Waals surface area contributed by atoms with Crippen molar-refractivity contribution in [1.29, 1.82) is 0 Å². The highest BCUT2D eigenvalue weighted by Crippen LogP contribution is 2.29. The van der Waals surface area contributed by atoms with Crippen LogP contribution in [0.4, 0.5) is 10.1 Å². The summed E-state index contributed by atoms with van der Waals surface area (Å²) in [5, 5.41) is 7.30. The van der Waals surface area contributed by atoms with Gasteiger partial charge in [0.25, 0.3) is 5.91 Å². The van der Waals surface area contributed by atoms with Gasteiger partial charge in [-0.25, -0.2) is 13.9 Å². The smallest absolute Gasteiger partial charge is 0.259 e. The highest BCUT2D eigenvalue weighted by molar-refractivity contribution is 6.05. The molecule has 0 saturated carbocycles. The predicted octanol–water partition coefficient (Wildman–Crippen LogP) is 4.71. The zero-order valence-corrected chi connectivity index (χ0v) is 15.8. The van der Waals surface area contributed by atoms with Gasteiger partial charge in [-0.05, 0) is 44.5 Å². The number of benzene rings is 2. The molecule has 28 heavy (non-hydrogen) atoms. The van der Waals surface area contributed by atoms with Gasteiger partial charge in [-0.2, -0.15) is 5.10 Å². The van der Waals surface area contributed by atoms with Gasteiger partial charge in [0.2, 0.25) is 0 Å². The van der Waals surface area contributed by atoms with Crippen molar-refractivity contribution in [2.24, 2.45) is 0 Å². The van der Waals surface area contributed by atoms with Crippen molar-refractivity contribution in [3.05, 3.63) is 83.1 Å². The fraction of sp³-hybridized carbons (Fsp3) is 0.136. The highest BCUT2D eigenvalue weighted by atomic mass is 19.1. The van der Waals surface area contributed by atoms with Crippen molar-refractivity contribution >= 4 is 17.2 Å². The van der Waals surface area contributed by atoms with Crippen LogP contribution in [0.15, 0.2) is 54.7 Å². The molecule has 2 aromatic carbocycles. The number of hydrogen-bond donors (Lipinski definition) is 1. The second-order valence-electron chi connectivity index (χ2n) is 6.79. The average Bonchev–Trinajstić information content (AvgIpc) is 2.99. The van der Waals surface area contributed by atoms with E-state index < -0.39 is 5.82 Å². The lowest BCUT2D eigenvalue weighted by atomic mass is 10.0. The number of carbonyl (C=O) groups is 1. The Kier molecular flexibility index (Phi) is 4.39. The van der Waals surface area contributed by atoms with Crippen LogP contribution in [0.3, 0.4) is 0 Å². The molecule has 6 heteroatoms. The Balaban J connectivity index is 1.77. The number of nitrogens with zero attached hydrogens (tertiary/aromatic N) is 3. The first kappa shape index (κ1) is 17.9. The number of aryl methyl sites for hydroxylation is 3. The van der Waals surface area contributed by atoms with E-state index in [4.69, 9.17) is 0 Å². The van der Waals surface area contributed by atoms with E-state index in [-0.39, 0.29) is 5.91 Å². The van der Waals surface area contributed by atoms with Crippen molar-refractivity contribution in [1.82, 2.24) is 14.6 Å². The molecule has 0 radical (unpaired) electrons. The number of rotatable bonds is 3. The first-order chi connectivity index (χ1) is 13.4. The first-order valence-electron chi connectivity index (χ1n) is 8.93. The molecule has 0 atom stereocenters. The quantitative estimate of drug-likeness (QED) is 0.565. The zero-order chi connectivity index (χ0) is 19.8. The van der Waals surface area contributed by atoms with Crippen LogP contribution in [0, 0.1) is 26.6 Å². The minimum atomic E-state index is -0.409. The van der Waals surface area contributed by atoms with Crippen molar-refractivity contribution in [2.45, 2.75) is 20.8 Å². The Hall–Kier alpha value is -3.54. The second-order valence-corrected chi connectivity index (χ2v) is 6.79. The van der Waals surface area contributed by atoms with Crippen LogP contribution >= 0.6 is 0 Å². The summed E-state index contributed by atoms with van der Waals surface area (Å²) in [5.41, 5.74) is 6.11. The number of halogens is 1. The maximum absolute atomic E-state index is 13.4. The molecule has 140 valence electrons. The molecule has 4 rings (SSSR count). The Labute approximate surface area is 161 Å². The van der Waals surface area contributed by atoms with Crippen LogP contribution in [-0.4, -0.2) is 20.5 Å². The normalized spacial score (nSPS) is 11.0. The maximum atomic E-state index is 13.4. The lowest BCUT2D eigenvalue weighted by Crippen LogP contribution is -2.16. The van der Waals surface area contributed by atoms with Crippen molar-refractivity contribution in [3.63, 3.8) is 0 Å². The van der Waals surface area contributed by atoms with Crippen LogP contribution in [0.1, 0.15) is 27.3 Å². The van der Waals surface area contributed by atoms with Gasteiger partial charge in [-0.15, -0.1) is 0 Å². The van der Waals surface area contributed by atoms with Crippen LogP contribution < -0.4 is 5.32 Å². The third kappa shape index (κ3) is 3.13. The monoisotopic (exact) mass is 374 g/mol. The molecule has 2 heterocycles. The molecule has 0 aliphatic rings. The number of anilines is 1. The van der Waals surface area contributed by atoms with E-state index >= 15 is 0 Å². The zero-order valence-electron chi connectivity index (χ0n) is 15.8. The van der Waals surface area contributed by atoms with Gasteiger partial charge in [0, 0.05) is 17.4 Å². The van der Waals surface area contributed by atoms with Gasteiger partial charge < -0.3 is 5.32 Å². The molecule has 0 spiro atoms. The number of hydrogen-bond acceptors (Lipinski definition) is 3. The van der Waals surface area contributed by atoms with Gasteiger partial charge in [0.1, 0.15) is 5.82 Å². The first-order valence-corrected chi connectivity index (χ1v) is 8.93. The molecule has 0 saturated heterocycles. The fourth-order valence-electron chi connectivity index (χ4n) is 3.33. The van der Waals surface area contributed by atoms with Crippen LogP contribution in [-0.2, 0) is 0 Å². The molecular formula is C22H19FN4O. The van der Waals surface area contributed by atoms with E-state index in [9.17, 15) is 9.18 Å². The highest BCUT2D eigenvalue weighted by Gasteiger charge is 2.19. The van der Waals surface area contributed by atoms with Gasteiger partial charge in [0.15, 0.2) is 5.65 Å². The summed E-state index contributed by atoms with van der Waals surface area (Å²) < 4.78 is 15.1. The summed E-state index contributed by atoms with van der Waals surface area (Å²) >= 11 is 0. The van der Waals surface area contributed by atoms with Crippen molar-refractivity contribution in [2.75, 3.05) is 5.32 Å². The predicted molar refractivity (Wildman–Crippen MR) is 107 cm³/mol. The summed E-state index contributed by atoms with van der Waals surface area (Å²) in [6, 6.07) is 13.9. The standard InChI is InChI=1S/C22H19FN4O/c1-13-6-4-7-16(10-13)20-14(2)26-27-15(3)19(12-24-21(20)27)22(28)25-18-9-5-8-17(23)11-18/h4-12H,1-3H3,(H,25,28). The van der Waals surface area contributed by atoms with E-state index in [0.29, 0.717) is 22.6 Å². The van der Waals surface area contributed by atoms with Gasteiger partial charge in [-0.3, -0.25) is 4.79 Å². The molecule has 2 aromatic heterocycles. The summed E-state index contributed by atoms with van der Waals surface area (Å²) in [6.07, 6.45) is 1.54. The van der Waals surface area contributed by atoms with Gasteiger partial charge in [0.05, 0.1) is 17.0 Å². The number of amides is 1. The fourth-order valence-corrected chi connectivity index (χ4v) is 3.33. The number of aromatic nitrogens is 3. The van der Waals surface area contributed by atoms with E-state index in [1.165, 1.54) is 12.1 Å². The summed E-state index contributed by atoms with van der Waals surface area (Å²) in [5.74, 6) is -0.767. The molecule has 0 unspecified atom stereocenters. The van der Waals surface area contributed by atoms with Gasteiger partial charge in [-0.1, -0.05) is 35.9 Å². The van der Waals surface area contributed by atoms with E-state index in [1.54, 1.807) is 22.8 Å². The lowest BCUT2D eigenvalue weighted by molar-refractivity contribution is 0.102. The molecule has 4 aromatic rings. The minimum Gasteiger partial charge on any atom is -0.322 e. The number of carbonyl (C=O) groups excluding carboxylic acids is 1. The molecule has 1 N–H and O–H groups in total. The molecule has 1 amide bonds. The van der Waals surface area contributed by atoms with E-state index in [1.807, 2.05) is 39.0 Å². The summed E-state index contributed by atoms with van der Waals surface area (Å²) in [6.45, 7) is 5.79. The molecule has 0 fully saturated rings. The third-order valence-corrected chi connectivity index (χ3v) is 4.69. The van der Waals surface area contributed by atoms with Crippen LogP contribution in [0.25, 0.3) is 16.8 Å². The topological polar surface area (TPSA) is 59.3 Å². The van der Waals surface area contributed by atoms with E-state index in [2.05, 4.69) is 21.5 Å². The largest absolute Gasteiger partial charge is 0.322 e. The van der Waals surface area contributed by atoms with Crippen molar-refractivity contribution < 1.29 is 9.18 Å². The van der Waals surface area contributed by atoms with Gasteiger partial charge >= 0.3 is 0 Å². The Morgan fingerprint density at radius 1 is 1.07 bits per heavy atom. The summed E-state index contributed by atoms with van der Waals surface area (Å²) in [7, 11) is 0. The SMILES string of the molecule is Cc1cccc(-c2c(C)nn3c(C)c(C(=O)Nc4cccc(F)c4)cnc23)c1. The lowest BCUT2D eigenvalue weighted by Gasteiger charge is -2.09. The summed E-state index contributed by atoms with van der Waals surface area (Å²) in [4.78, 5) is 17.2. The Bertz CT molecular complexity index is 1210. The third-order valence-electron chi connectivity index (χ3n) is 4.69. The molecule has 0 bridgehead atoms. The Morgan fingerprint density at radius 3 is 2.61 bits per heavy atom. The van der Waals surface area contributed by atoms with E-state index in [0.717, 1.165) is 22.4 Å².